The minimum absolute atomic E-state index is 0.0637. The number of aromatic nitrogens is 3. The fourth-order valence-electron chi connectivity index (χ4n) is 3.33. The maximum Gasteiger partial charge on any atom is 0.174 e. The zero-order chi connectivity index (χ0) is 19.1. The number of nitrogens with zero attached hydrogens (tertiary/aromatic N) is 4. The molecule has 4 aromatic rings. The van der Waals surface area contributed by atoms with Crippen molar-refractivity contribution in [2.75, 3.05) is 0 Å². The lowest BCUT2D eigenvalue weighted by Gasteiger charge is -2.12. The van der Waals surface area contributed by atoms with Crippen LogP contribution in [0.25, 0.3) is 28.0 Å². The van der Waals surface area contributed by atoms with Crippen LogP contribution in [0.4, 0.5) is 0 Å². The molecule has 1 aromatic carbocycles. The van der Waals surface area contributed by atoms with Crippen molar-refractivity contribution in [1.82, 2.24) is 14.7 Å². The SMILES string of the molecule is Cc1noc(C)c1-c1c(/C(N)=N/O)c2ncccc2n1-c1ccc(O)cc1. The fourth-order valence-corrected chi connectivity index (χ4v) is 3.33. The number of amidine groups is 1. The number of benzene rings is 1. The first kappa shape index (κ1) is 16.6. The first-order valence-electron chi connectivity index (χ1n) is 8.23. The zero-order valence-corrected chi connectivity index (χ0v) is 14.7. The van der Waals surface area contributed by atoms with E-state index < -0.39 is 0 Å². The van der Waals surface area contributed by atoms with E-state index in [1.807, 2.05) is 23.6 Å². The maximum atomic E-state index is 9.67. The average molecular weight is 363 g/mol. The molecule has 0 saturated heterocycles. The van der Waals surface area contributed by atoms with Crippen LogP contribution < -0.4 is 5.73 Å². The molecule has 8 heteroatoms. The predicted molar refractivity (Wildman–Crippen MR) is 100 cm³/mol. The van der Waals surface area contributed by atoms with Gasteiger partial charge in [-0.3, -0.25) is 4.98 Å². The van der Waals surface area contributed by atoms with Crippen LogP contribution in [0.15, 0.2) is 52.3 Å². The van der Waals surface area contributed by atoms with Crippen LogP contribution >= 0.6 is 0 Å². The van der Waals surface area contributed by atoms with Crippen LogP contribution in [-0.2, 0) is 0 Å². The highest BCUT2D eigenvalue weighted by molar-refractivity contribution is 6.13. The molecule has 4 N–H and O–H groups in total. The highest BCUT2D eigenvalue weighted by atomic mass is 16.5. The molecule has 27 heavy (non-hydrogen) atoms. The van der Waals surface area contributed by atoms with Gasteiger partial charge in [0, 0.05) is 11.9 Å². The van der Waals surface area contributed by atoms with E-state index in [2.05, 4.69) is 15.3 Å². The molecule has 4 rings (SSSR count). The number of nitrogens with two attached hydrogens (primary N) is 1. The van der Waals surface area contributed by atoms with Crippen LogP contribution in [0.1, 0.15) is 17.0 Å². The zero-order valence-electron chi connectivity index (χ0n) is 14.7. The molecule has 0 atom stereocenters. The number of phenolic OH excluding ortho intramolecular Hbond substituents is 1. The van der Waals surface area contributed by atoms with Gasteiger partial charge in [0.15, 0.2) is 5.84 Å². The van der Waals surface area contributed by atoms with Crippen LogP contribution in [0.3, 0.4) is 0 Å². The maximum absolute atomic E-state index is 9.67. The average Bonchev–Trinajstić information content (AvgIpc) is 3.18. The monoisotopic (exact) mass is 363 g/mol. The minimum Gasteiger partial charge on any atom is -0.508 e. The molecule has 0 radical (unpaired) electrons. The van der Waals surface area contributed by atoms with Gasteiger partial charge in [0.1, 0.15) is 17.0 Å². The number of phenols is 1. The van der Waals surface area contributed by atoms with E-state index in [4.69, 9.17) is 10.3 Å². The number of pyridine rings is 1. The number of oxime groups is 1. The van der Waals surface area contributed by atoms with Crippen LogP contribution in [0.2, 0.25) is 0 Å². The lowest BCUT2D eigenvalue weighted by atomic mass is 10.0. The second-order valence-corrected chi connectivity index (χ2v) is 6.13. The first-order chi connectivity index (χ1) is 13.0. The molecule has 0 aliphatic carbocycles. The molecule has 0 bridgehead atoms. The van der Waals surface area contributed by atoms with Gasteiger partial charge in [-0.25, -0.2) is 0 Å². The third kappa shape index (κ3) is 2.50. The lowest BCUT2D eigenvalue weighted by molar-refractivity contribution is 0.318. The van der Waals surface area contributed by atoms with Gasteiger partial charge < -0.3 is 25.1 Å². The fraction of sp³-hybridized carbons (Fsp3) is 0.105. The number of hydrogen-bond acceptors (Lipinski definition) is 6. The molecule has 8 nitrogen and oxygen atoms in total. The summed E-state index contributed by atoms with van der Waals surface area (Å²) in [5.41, 5.74) is 10.7. The Hall–Kier alpha value is -3.81. The van der Waals surface area contributed by atoms with Gasteiger partial charge in [-0.05, 0) is 50.2 Å². The predicted octanol–water partition coefficient (Wildman–Crippen LogP) is 3.10. The molecular formula is C19H17N5O3. The smallest absolute Gasteiger partial charge is 0.174 e. The summed E-state index contributed by atoms with van der Waals surface area (Å²) in [6.07, 6.45) is 1.65. The largest absolute Gasteiger partial charge is 0.508 e. The molecule has 136 valence electrons. The molecule has 0 unspecified atom stereocenters. The molecule has 0 aliphatic heterocycles. The Balaban J connectivity index is 2.22. The summed E-state index contributed by atoms with van der Waals surface area (Å²) in [7, 11) is 0. The van der Waals surface area contributed by atoms with E-state index in [1.54, 1.807) is 37.4 Å². The Morgan fingerprint density at radius 3 is 2.56 bits per heavy atom. The molecule has 0 fully saturated rings. The summed E-state index contributed by atoms with van der Waals surface area (Å²) in [4.78, 5) is 4.45. The van der Waals surface area contributed by atoms with Crippen molar-refractivity contribution in [2.24, 2.45) is 10.9 Å². The summed E-state index contributed by atoms with van der Waals surface area (Å²) in [5, 5.41) is 26.3. The van der Waals surface area contributed by atoms with Crippen molar-refractivity contribution in [3.8, 4) is 22.7 Å². The summed E-state index contributed by atoms with van der Waals surface area (Å²) in [6, 6.07) is 10.5. The first-order valence-corrected chi connectivity index (χ1v) is 8.23. The number of rotatable bonds is 3. The Morgan fingerprint density at radius 1 is 1.19 bits per heavy atom. The van der Waals surface area contributed by atoms with Gasteiger partial charge in [0.2, 0.25) is 0 Å². The molecule has 3 heterocycles. The van der Waals surface area contributed by atoms with E-state index in [0.717, 1.165) is 16.8 Å². The summed E-state index contributed by atoms with van der Waals surface area (Å²) >= 11 is 0. The second-order valence-electron chi connectivity index (χ2n) is 6.13. The second kappa shape index (κ2) is 6.17. The highest BCUT2D eigenvalue weighted by Gasteiger charge is 2.27. The van der Waals surface area contributed by atoms with Crippen molar-refractivity contribution < 1.29 is 14.8 Å². The van der Waals surface area contributed by atoms with Gasteiger partial charge in [-0.15, -0.1) is 0 Å². The van der Waals surface area contributed by atoms with E-state index in [1.165, 1.54) is 0 Å². The van der Waals surface area contributed by atoms with Crippen molar-refractivity contribution in [3.05, 3.63) is 59.6 Å². The van der Waals surface area contributed by atoms with Crippen molar-refractivity contribution in [2.45, 2.75) is 13.8 Å². The molecule has 0 amide bonds. The standard InChI is InChI=1S/C19H17N5O3/c1-10-15(11(2)27-23-10)18-16(19(20)22-26)17-14(4-3-9-21-17)24(18)12-5-7-13(25)8-6-12/h3-9,25-26H,1-2H3,(H2,20,22). The number of aryl methyl sites for hydroxylation is 2. The van der Waals surface area contributed by atoms with Crippen molar-refractivity contribution in [1.29, 1.82) is 0 Å². The van der Waals surface area contributed by atoms with Gasteiger partial charge in [-0.1, -0.05) is 10.3 Å². The van der Waals surface area contributed by atoms with E-state index in [-0.39, 0.29) is 11.6 Å². The van der Waals surface area contributed by atoms with Gasteiger partial charge >= 0.3 is 0 Å². The van der Waals surface area contributed by atoms with E-state index in [0.29, 0.717) is 28.2 Å². The normalized spacial score (nSPS) is 12.0. The number of aromatic hydroxyl groups is 1. The van der Waals surface area contributed by atoms with E-state index >= 15 is 0 Å². The molecular weight excluding hydrogens is 346 g/mol. The topological polar surface area (TPSA) is 123 Å². The molecule has 0 aliphatic rings. The van der Waals surface area contributed by atoms with Crippen LogP contribution in [0, 0.1) is 13.8 Å². The Bertz CT molecular complexity index is 1150. The Kier molecular flexibility index (Phi) is 3.80. The van der Waals surface area contributed by atoms with E-state index in [9.17, 15) is 10.3 Å². The van der Waals surface area contributed by atoms with Gasteiger partial charge in [0.25, 0.3) is 0 Å². The van der Waals surface area contributed by atoms with Crippen molar-refractivity contribution >= 4 is 16.9 Å². The van der Waals surface area contributed by atoms with Crippen LogP contribution in [-0.4, -0.2) is 30.9 Å². The van der Waals surface area contributed by atoms with Crippen LogP contribution in [0.5, 0.6) is 5.75 Å². The Labute approximate surface area is 154 Å². The van der Waals surface area contributed by atoms with Crippen molar-refractivity contribution in [3.63, 3.8) is 0 Å². The quantitative estimate of drug-likeness (QED) is 0.222. The summed E-state index contributed by atoms with van der Waals surface area (Å²) < 4.78 is 7.29. The van der Waals surface area contributed by atoms with Gasteiger partial charge in [-0.2, -0.15) is 0 Å². The third-order valence-electron chi connectivity index (χ3n) is 4.47. The van der Waals surface area contributed by atoms with Gasteiger partial charge in [0.05, 0.1) is 28.0 Å². The highest BCUT2D eigenvalue weighted by Crippen LogP contribution is 2.38. The summed E-state index contributed by atoms with van der Waals surface area (Å²) in [6.45, 7) is 3.63. The molecule has 0 spiro atoms. The molecule has 3 aromatic heterocycles. The Morgan fingerprint density at radius 2 is 1.93 bits per heavy atom. The number of fused-ring (bicyclic) bond motifs is 1. The molecule has 0 saturated carbocycles. The number of hydrogen-bond donors (Lipinski definition) is 3. The third-order valence-corrected chi connectivity index (χ3v) is 4.47. The summed E-state index contributed by atoms with van der Waals surface area (Å²) in [5.74, 6) is 0.692. The lowest BCUT2D eigenvalue weighted by Crippen LogP contribution is -2.15. The minimum atomic E-state index is -0.0637.